The highest BCUT2D eigenvalue weighted by Crippen LogP contribution is 2.14. The molecule has 0 saturated carbocycles. The number of nitrogens with zero attached hydrogens (tertiary/aromatic N) is 1. The van der Waals surface area contributed by atoms with E-state index < -0.39 is 6.10 Å². The van der Waals surface area contributed by atoms with Crippen molar-refractivity contribution in [3.05, 3.63) is 16.1 Å². The molecule has 1 heterocycles. The molecule has 122 valence electrons. The Labute approximate surface area is 131 Å². The molecule has 0 radical (unpaired) electrons. The Morgan fingerprint density at radius 2 is 2.14 bits per heavy atom. The van der Waals surface area contributed by atoms with Crippen LogP contribution in [0.15, 0.2) is 5.51 Å². The molecule has 1 unspecified atom stereocenters. The molecule has 0 aliphatic carbocycles. The van der Waals surface area contributed by atoms with Crippen LogP contribution in [0, 0.1) is 6.92 Å². The van der Waals surface area contributed by atoms with Gasteiger partial charge in [0.2, 0.25) is 0 Å². The highest BCUT2D eigenvalue weighted by atomic mass is 32.1. The number of nitrogens with one attached hydrogen (secondary N) is 1. The number of aryl methyl sites for hydroxylation is 1. The molecule has 1 aromatic heterocycles. The monoisotopic (exact) mass is 316 g/mol. The zero-order chi connectivity index (χ0) is 15.7. The third-order valence-electron chi connectivity index (χ3n) is 4.00. The molecule has 6 heteroatoms. The fraction of sp³-hybridized carbons (Fsp3) is 0.800. The molecular formula is C15H28N2O3S. The quantitative estimate of drug-likeness (QED) is 0.540. The standard InChI is InChI=1S/C15H28N2O3S/c1-4-15(5-2,10-18)17-8-13(19)9-20-7-6-14-12(3)16-11-21-14/h11,13,17-19H,4-10H2,1-3H3. The number of thiazole rings is 1. The van der Waals surface area contributed by atoms with Crippen molar-refractivity contribution in [1.29, 1.82) is 0 Å². The lowest BCUT2D eigenvalue weighted by Gasteiger charge is -2.32. The first-order chi connectivity index (χ1) is 10.1. The van der Waals surface area contributed by atoms with Crippen LogP contribution in [-0.4, -0.2) is 53.2 Å². The van der Waals surface area contributed by atoms with Gasteiger partial charge in [0.25, 0.3) is 0 Å². The van der Waals surface area contributed by atoms with Crippen LogP contribution in [0.5, 0.6) is 0 Å². The molecular weight excluding hydrogens is 288 g/mol. The zero-order valence-electron chi connectivity index (χ0n) is 13.3. The molecule has 0 amide bonds. The van der Waals surface area contributed by atoms with Crippen LogP contribution < -0.4 is 5.32 Å². The predicted molar refractivity (Wildman–Crippen MR) is 85.8 cm³/mol. The van der Waals surface area contributed by atoms with E-state index in [0.29, 0.717) is 19.8 Å². The molecule has 1 rings (SSSR count). The molecule has 0 spiro atoms. The second kappa shape index (κ2) is 9.48. The summed E-state index contributed by atoms with van der Waals surface area (Å²) < 4.78 is 5.52. The molecule has 1 atom stereocenters. The average molecular weight is 316 g/mol. The highest BCUT2D eigenvalue weighted by Gasteiger charge is 2.25. The van der Waals surface area contributed by atoms with Gasteiger partial charge in [-0.2, -0.15) is 0 Å². The summed E-state index contributed by atoms with van der Waals surface area (Å²) in [4.78, 5) is 5.43. The van der Waals surface area contributed by atoms with Crippen molar-refractivity contribution in [2.75, 3.05) is 26.4 Å². The summed E-state index contributed by atoms with van der Waals surface area (Å²) >= 11 is 1.64. The van der Waals surface area contributed by atoms with Crippen molar-refractivity contribution in [3.63, 3.8) is 0 Å². The first kappa shape index (κ1) is 18.5. The minimum absolute atomic E-state index is 0.0816. The molecule has 0 aliphatic rings. The molecule has 21 heavy (non-hydrogen) atoms. The van der Waals surface area contributed by atoms with Crippen molar-refractivity contribution >= 4 is 11.3 Å². The van der Waals surface area contributed by atoms with Gasteiger partial charge < -0.3 is 20.3 Å². The van der Waals surface area contributed by atoms with E-state index >= 15 is 0 Å². The van der Waals surface area contributed by atoms with Crippen LogP contribution >= 0.6 is 11.3 Å². The fourth-order valence-corrected chi connectivity index (χ4v) is 2.89. The minimum atomic E-state index is -0.559. The van der Waals surface area contributed by atoms with E-state index in [0.717, 1.165) is 25.0 Å². The zero-order valence-corrected chi connectivity index (χ0v) is 14.1. The summed E-state index contributed by atoms with van der Waals surface area (Å²) in [5, 5.41) is 22.6. The largest absolute Gasteiger partial charge is 0.394 e. The summed E-state index contributed by atoms with van der Waals surface area (Å²) in [6.45, 7) is 7.47. The summed E-state index contributed by atoms with van der Waals surface area (Å²) in [5.74, 6) is 0. The summed E-state index contributed by atoms with van der Waals surface area (Å²) in [5.41, 5.74) is 2.61. The second-order valence-electron chi connectivity index (χ2n) is 5.37. The molecule has 0 aromatic carbocycles. The normalized spacial score (nSPS) is 13.6. The van der Waals surface area contributed by atoms with Crippen molar-refractivity contribution in [3.8, 4) is 0 Å². The van der Waals surface area contributed by atoms with Gasteiger partial charge >= 0.3 is 0 Å². The Kier molecular flexibility index (Phi) is 8.36. The average Bonchev–Trinajstić information content (AvgIpc) is 2.91. The van der Waals surface area contributed by atoms with Gasteiger partial charge in [-0.15, -0.1) is 11.3 Å². The van der Waals surface area contributed by atoms with E-state index in [1.165, 1.54) is 4.88 Å². The number of rotatable bonds is 11. The van der Waals surface area contributed by atoms with Gasteiger partial charge in [-0.1, -0.05) is 13.8 Å². The fourth-order valence-electron chi connectivity index (χ4n) is 2.12. The second-order valence-corrected chi connectivity index (χ2v) is 6.31. The Bertz CT molecular complexity index is 386. The Balaban J connectivity index is 2.19. The molecule has 0 aliphatic heterocycles. The van der Waals surface area contributed by atoms with E-state index in [-0.39, 0.29) is 12.1 Å². The van der Waals surface area contributed by atoms with E-state index in [9.17, 15) is 10.2 Å². The van der Waals surface area contributed by atoms with Crippen molar-refractivity contribution in [1.82, 2.24) is 10.3 Å². The van der Waals surface area contributed by atoms with Gasteiger partial charge in [-0.25, -0.2) is 4.98 Å². The van der Waals surface area contributed by atoms with Gasteiger partial charge in [0.1, 0.15) is 0 Å². The van der Waals surface area contributed by atoms with E-state index in [4.69, 9.17) is 4.74 Å². The third kappa shape index (κ3) is 6.00. The Hall–Kier alpha value is -0.530. The maximum atomic E-state index is 9.93. The first-order valence-electron chi connectivity index (χ1n) is 7.57. The lowest BCUT2D eigenvalue weighted by Crippen LogP contribution is -2.50. The number of hydrogen-bond donors (Lipinski definition) is 3. The number of aliphatic hydroxyl groups is 2. The molecule has 5 nitrogen and oxygen atoms in total. The lowest BCUT2D eigenvalue weighted by molar-refractivity contribution is 0.0295. The SMILES string of the molecule is CCC(CC)(CO)NCC(O)COCCc1scnc1C. The van der Waals surface area contributed by atoms with Crippen LogP contribution in [0.4, 0.5) is 0 Å². The van der Waals surface area contributed by atoms with Gasteiger partial charge in [0.15, 0.2) is 0 Å². The van der Waals surface area contributed by atoms with E-state index in [2.05, 4.69) is 10.3 Å². The van der Waals surface area contributed by atoms with Crippen LogP contribution in [0.25, 0.3) is 0 Å². The smallest absolute Gasteiger partial charge is 0.0897 e. The summed E-state index contributed by atoms with van der Waals surface area (Å²) in [6, 6.07) is 0. The molecule has 0 saturated heterocycles. The number of hydrogen-bond acceptors (Lipinski definition) is 6. The van der Waals surface area contributed by atoms with E-state index in [1.54, 1.807) is 11.3 Å². The maximum Gasteiger partial charge on any atom is 0.0897 e. The minimum Gasteiger partial charge on any atom is -0.394 e. The molecule has 3 N–H and O–H groups in total. The highest BCUT2D eigenvalue weighted by molar-refractivity contribution is 7.09. The first-order valence-corrected chi connectivity index (χ1v) is 8.45. The maximum absolute atomic E-state index is 9.93. The lowest BCUT2D eigenvalue weighted by atomic mass is 9.94. The molecule has 0 fully saturated rings. The van der Waals surface area contributed by atoms with Crippen molar-refractivity contribution in [2.45, 2.75) is 51.7 Å². The van der Waals surface area contributed by atoms with Crippen molar-refractivity contribution in [2.24, 2.45) is 0 Å². The number of aromatic nitrogens is 1. The van der Waals surface area contributed by atoms with Crippen LogP contribution in [-0.2, 0) is 11.2 Å². The van der Waals surface area contributed by atoms with E-state index in [1.807, 2.05) is 26.3 Å². The van der Waals surface area contributed by atoms with Gasteiger partial charge in [-0.05, 0) is 19.8 Å². The van der Waals surface area contributed by atoms with Gasteiger partial charge in [-0.3, -0.25) is 0 Å². The number of aliphatic hydroxyl groups excluding tert-OH is 2. The van der Waals surface area contributed by atoms with Gasteiger partial charge in [0, 0.05) is 23.4 Å². The Morgan fingerprint density at radius 1 is 1.43 bits per heavy atom. The predicted octanol–water partition coefficient (Wildman–Crippen LogP) is 1.51. The van der Waals surface area contributed by atoms with Crippen LogP contribution in [0.3, 0.4) is 0 Å². The topological polar surface area (TPSA) is 74.6 Å². The molecule has 1 aromatic rings. The van der Waals surface area contributed by atoms with Crippen molar-refractivity contribution < 1.29 is 14.9 Å². The number of β-amino-alcohol motifs (C(OH)–C–C–N with tert-alkyl or cyclic N) is 1. The summed E-state index contributed by atoms with van der Waals surface area (Å²) in [7, 11) is 0. The Morgan fingerprint density at radius 3 is 2.67 bits per heavy atom. The third-order valence-corrected chi connectivity index (χ3v) is 4.99. The molecule has 0 bridgehead atoms. The van der Waals surface area contributed by atoms with Crippen LogP contribution in [0.1, 0.15) is 37.3 Å². The summed E-state index contributed by atoms with van der Waals surface area (Å²) in [6.07, 6.45) is 1.94. The van der Waals surface area contributed by atoms with Gasteiger partial charge in [0.05, 0.1) is 37.1 Å². The van der Waals surface area contributed by atoms with Crippen LogP contribution in [0.2, 0.25) is 0 Å². The number of ether oxygens (including phenoxy) is 1.